The molecule has 0 unspecified atom stereocenters. The van der Waals surface area contributed by atoms with Gasteiger partial charge in [-0.05, 0) is 32.8 Å². The quantitative estimate of drug-likeness (QED) is 0.646. The van der Waals surface area contributed by atoms with Crippen molar-refractivity contribution in [3.05, 3.63) is 52.9 Å². The maximum absolute atomic E-state index is 10.0. The molecule has 0 spiro atoms. The number of halogens is 1. The molecule has 3 N–H and O–H groups in total. The number of nitrogens with one attached hydrogen (secondary N) is 1. The van der Waals surface area contributed by atoms with Crippen molar-refractivity contribution in [1.82, 2.24) is 14.8 Å². The summed E-state index contributed by atoms with van der Waals surface area (Å²) in [5.74, 6) is 0. The molecule has 136 valence electrons. The van der Waals surface area contributed by atoms with Crippen molar-refractivity contribution in [1.29, 1.82) is 0 Å². The number of aliphatic hydroxyl groups is 2. The number of aromatic amines is 1. The number of rotatable bonds is 4. The molecule has 1 saturated carbocycles. The fourth-order valence-corrected chi connectivity index (χ4v) is 4.18. The van der Waals surface area contributed by atoms with Crippen molar-refractivity contribution in [3.8, 4) is 22.4 Å². The first kappa shape index (κ1) is 17.3. The summed E-state index contributed by atoms with van der Waals surface area (Å²) in [6.07, 6.45) is 5.12. The Bertz CT molecular complexity index is 950. The van der Waals surface area contributed by atoms with Gasteiger partial charge in [0.05, 0.1) is 30.1 Å². The van der Waals surface area contributed by atoms with E-state index >= 15 is 0 Å². The highest BCUT2D eigenvalue weighted by Gasteiger charge is 2.40. The minimum Gasteiger partial charge on any atom is -0.392 e. The van der Waals surface area contributed by atoms with E-state index in [1.54, 1.807) is 0 Å². The highest BCUT2D eigenvalue weighted by molar-refractivity contribution is 6.33. The molecule has 3 aromatic rings. The summed E-state index contributed by atoms with van der Waals surface area (Å²) >= 11 is 6.34. The van der Waals surface area contributed by atoms with Crippen molar-refractivity contribution in [2.45, 2.75) is 44.9 Å². The number of H-pyrrole nitrogens is 1. The third-order valence-corrected chi connectivity index (χ3v) is 5.65. The number of nitrogens with zero attached hydrogens (tertiary/aromatic N) is 2. The zero-order valence-corrected chi connectivity index (χ0v) is 15.6. The molecule has 2 heterocycles. The van der Waals surface area contributed by atoms with E-state index in [2.05, 4.69) is 10.1 Å². The van der Waals surface area contributed by atoms with E-state index in [1.807, 2.05) is 55.2 Å². The third kappa shape index (κ3) is 2.76. The Labute approximate surface area is 157 Å². The van der Waals surface area contributed by atoms with Crippen LogP contribution < -0.4 is 0 Å². The summed E-state index contributed by atoms with van der Waals surface area (Å²) in [6.45, 7) is 3.78. The second-order valence-corrected chi connectivity index (χ2v) is 7.75. The Morgan fingerprint density at radius 2 is 2.00 bits per heavy atom. The average molecular weight is 372 g/mol. The summed E-state index contributed by atoms with van der Waals surface area (Å²) in [7, 11) is 0. The number of aliphatic hydroxyl groups excluding tert-OH is 1. The molecule has 5 nitrogen and oxygen atoms in total. The van der Waals surface area contributed by atoms with Crippen LogP contribution in [0.15, 0.2) is 36.7 Å². The Balaban J connectivity index is 1.74. The van der Waals surface area contributed by atoms with E-state index in [4.69, 9.17) is 11.6 Å². The number of aromatic nitrogens is 3. The van der Waals surface area contributed by atoms with Gasteiger partial charge in [-0.1, -0.05) is 29.8 Å². The van der Waals surface area contributed by atoms with Crippen LogP contribution in [0.25, 0.3) is 22.4 Å². The fourth-order valence-electron chi connectivity index (χ4n) is 3.94. The summed E-state index contributed by atoms with van der Waals surface area (Å²) in [5.41, 5.74) is 4.83. The first-order chi connectivity index (χ1) is 12.4. The standard InChI is InChI=1S/C20H22ClN3O2/c1-12-15(10-23-24(12)13-7-20(2,26)8-13)19-17(11-25)16(9-22-19)14-5-3-4-6-18(14)21/h3-6,9-10,13,22,25-26H,7-8,11H2,1-2H3. The maximum Gasteiger partial charge on any atom is 0.0709 e. The molecule has 0 aliphatic heterocycles. The third-order valence-electron chi connectivity index (χ3n) is 5.32. The molecule has 0 amide bonds. The maximum atomic E-state index is 10.0. The van der Waals surface area contributed by atoms with Crippen LogP contribution >= 0.6 is 11.6 Å². The number of hydrogen-bond donors (Lipinski definition) is 3. The van der Waals surface area contributed by atoms with Gasteiger partial charge in [-0.3, -0.25) is 4.68 Å². The zero-order chi connectivity index (χ0) is 18.5. The predicted molar refractivity (Wildman–Crippen MR) is 102 cm³/mol. The lowest BCUT2D eigenvalue weighted by Gasteiger charge is -2.41. The molecule has 6 heteroatoms. The lowest BCUT2D eigenvalue weighted by atomic mass is 9.77. The van der Waals surface area contributed by atoms with Gasteiger partial charge in [0.2, 0.25) is 0 Å². The van der Waals surface area contributed by atoms with Crippen LogP contribution in [0, 0.1) is 6.92 Å². The summed E-state index contributed by atoms with van der Waals surface area (Å²) in [4.78, 5) is 3.29. The Morgan fingerprint density at radius 1 is 1.27 bits per heavy atom. The molecular weight excluding hydrogens is 350 g/mol. The first-order valence-electron chi connectivity index (χ1n) is 8.74. The van der Waals surface area contributed by atoms with E-state index in [0.29, 0.717) is 17.9 Å². The van der Waals surface area contributed by atoms with Gasteiger partial charge in [0.15, 0.2) is 0 Å². The van der Waals surface area contributed by atoms with Crippen molar-refractivity contribution in [3.63, 3.8) is 0 Å². The van der Waals surface area contributed by atoms with E-state index in [1.165, 1.54) is 0 Å². The van der Waals surface area contributed by atoms with Gasteiger partial charge < -0.3 is 15.2 Å². The minimum absolute atomic E-state index is 0.0951. The highest BCUT2D eigenvalue weighted by atomic mass is 35.5. The topological polar surface area (TPSA) is 74.1 Å². The number of hydrogen-bond acceptors (Lipinski definition) is 3. The van der Waals surface area contributed by atoms with Crippen molar-refractivity contribution in [2.24, 2.45) is 0 Å². The molecule has 0 radical (unpaired) electrons. The summed E-state index contributed by atoms with van der Waals surface area (Å²) < 4.78 is 1.98. The van der Waals surface area contributed by atoms with Crippen LogP contribution in [-0.4, -0.2) is 30.6 Å². The SMILES string of the molecule is Cc1c(-c2[nH]cc(-c3ccccc3Cl)c2CO)cnn1C1CC(C)(O)C1. The van der Waals surface area contributed by atoms with Gasteiger partial charge in [-0.15, -0.1) is 0 Å². The minimum atomic E-state index is -0.594. The highest BCUT2D eigenvalue weighted by Crippen LogP contribution is 2.43. The van der Waals surface area contributed by atoms with Gasteiger partial charge in [0.1, 0.15) is 0 Å². The zero-order valence-electron chi connectivity index (χ0n) is 14.8. The molecule has 4 rings (SSSR count). The van der Waals surface area contributed by atoms with E-state index in [9.17, 15) is 10.2 Å². The smallest absolute Gasteiger partial charge is 0.0709 e. The molecule has 0 bridgehead atoms. The van der Waals surface area contributed by atoms with Crippen LogP contribution in [-0.2, 0) is 6.61 Å². The molecule has 1 aromatic carbocycles. The molecule has 2 aromatic heterocycles. The molecular formula is C20H22ClN3O2. The molecule has 26 heavy (non-hydrogen) atoms. The lowest BCUT2D eigenvalue weighted by molar-refractivity contribution is -0.0548. The lowest BCUT2D eigenvalue weighted by Crippen LogP contribution is -2.42. The second kappa shape index (κ2) is 6.27. The van der Waals surface area contributed by atoms with Gasteiger partial charge in [-0.25, -0.2) is 0 Å². The average Bonchev–Trinajstić information content (AvgIpc) is 3.16. The Hall–Kier alpha value is -2.08. The van der Waals surface area contributed by atoms with Crippen LogP contribution in [0.2, 0.25) is 5.02 Å². The molecule has 1 aliphatic rings. The monoisotopic (exact) mass is 371 g/mol. The Kier molecular flexibility index (Phi) is 4.18. The molecule has 0 atom stereocenters. The van der Waals surface area contributed by atoms with Crippen molar-refractivity contribution < 1.29 is 10.2 Å². The summed E-state index contributed by atoms with van der Waals surface area (Å²) in [5, 5.41) is 25.2. The van der Waals surface area contributed by atoms with Crippen molar-refractivity contribution >= 4 is 11.6 Å². The van der Waals surface area contributed by atoms with Crippen LogP contribution in [0.4, 0.5) is 0 Å². The van der Waals surface area contributed by atoms with Gasteiger partial charge in [0.25, 0.3) is 0 Å². The molecule has 1 aliphatic carbocycles. The fraction of sp³-hybridized carbons (Fsp3) is 0.350. The molecule has 1 fully saturated rings. The van der Waals surface area contributed by atoms with Gasteiger partial charge in [0, 0.05) is 39.2 Å². The Morgan fingerprint density at radius 3 is 2.65 bits per heavy atom. The van der Waals surface area contributed by atoms with E-state index < -0.39 is 5.60 Å². The van der Waals surface area contributed by atoms with E-state index in [0.717, 1.165) is 33.6 Å². The van der Waals surface area contributed by atoms with Crippen LogP contribution in [0.5, 0.6) is 0 Å². The van der Waals surface area contributed by atoms with Gasteiger partial charge in [-0.2, -0.15) is 5.10 Å². The normalized spacial score (nSPS) is 22.4. The first-order valence-corrected chi connectivity index (χ1v) is 9.12. The van der Waals surface area contributed by atoms with Crippen LogP contribution in [0.1, 0.15) is 37.1 Å². The largest absolute Gasteiger partial charge is 0.392 e. The second-order valence-electron chi connectivity index (χ2n) is 7.34. The predicted octanol–water partition coefficient (Wildman–Crippen LogP) is 4.09. The summed E-state index contributed by atoms with van der Waals surface area (Å²) in [6, 6.07) is 7.83. The molecule has 0 saturated heterocycles. The number of benzene rings is 1. The van der Waals surface area contributed by atoms with Gasteiger partial charge >= 0.3 is 0 Å². The van der Waals surface area contributed by atoms with Crippen molar-refractivity contribution in [2.75, 3.05) is 0 Å². The van der Waals surface area contributed by atoms with E-state index in [-0.39, 0.29) is 12.6 Å². The van der Waals surface area contributed by atoms with Crippen LogP contribution in [0.3, 0.4) is 0 Å².